The van der Waals surface area contributed by atoms with Gasteiger partial charge in [0.15, 0.2) is 0 Å². The van der Waals surface area contributed by atoms with Crippen molar-refractivity contribution >= 4 is 39.3 Å². The summed E-state index contributed by atoms with van der Waals surface area (Å²) in [5.74, 6) is 1.84. The number of nitrogens with zero attached hydrogens (tertiary/aromatic N) is 4. The molecule has 0 spiro atoms. The zero-order chi connectivity index (χ0) is 19.2. The van der Waals surface area contributed by atoms with E-state index in [4.69, 9.17) is 16.3 Å². The largest absolute Gasteiger partial charge is 0.492 e. The van der Waals surface area contributed by atoms with Crippen LogP contribution in [0.4, 0.5) is 5.82 Å². The van der Waals surface area contributed by atoms with Gasteiger partial charge in [-0.15, -0.1) is 0 Å². The third-order valence-corrected chi connectivity index (χ3v) is 5.29. The third kappa shape index (κ3) is 5.56. The number of carbonyl (C=O) groups excluding carboxylic acids is 1. The van der Waals surface area contributed by atoms with Crippen LogP contribution in [0.25, 0.3) is 0 Å². The Hall–Kier alpha value is -1.86. The average molecular weight is 454 g/mol. The molecule has 1 aliphatic heterocycles. The van der Waals surface area contributed by atoms with Gasteiger partial charge in [-0.3, -0.25) is 4.79 Å². The monoisotopic (exact) mass is 452 g/mol. The number of anilines is 1. The van der Waals surface area contributed by atoms with Crippen molar-refractivity contribution in [1.29, 1.82) is 0 Å². The van der Waals surface area contributed by atoms with Crippen molar-refractivity contribution in [3.8, 4) is 5.75 Å². The minimum atomic E-state index is 0.173. The number of ether oxygens (including phenoxy) is 1. The van der Waals surface area contributed by atoms with Crippen molar-refractivity contribution in [2.24, 2.45) is 0 Å². The van der Waals surface area contributed by atoms with Crippen LogP contribution in [0.5, 0.6) is 5.75 Å². The molecule has 1 aliphatic rings. The van der Waals surface area contributed by atoms with Crippen LogP contribution >= 0.6 is 27.5 Å². The van der Waals surface area contributed by atoms with Gasteiger partial charge in [-0.1, -0.05) is 11.6 Å². The van der Waals surface area contributed by atoms with E-state index in [1.807, 2.05) is 24.0 Å². The van der Waals surface area contributed by atoms with E-state index >= 15 is 0 Å². The van der Waals surface area contributed by atoms with Crippen molar-refractivity contribution in [2.75, 3.05) is 37.7 Å². The lowest BCUT2D eigenvalue weighted by atomic mass is 10.2. The smallest absolute Gasteiger partial charge is 0.222 e. The van der Waals surface area contributed by atoms with E-state index in [2.05, 4.69) is 30.8 Å². The molecule has 3 rings (SSSR count). The molecule has 6 nitrogen and oxygen atoms in total. The molecule has 1 aromatic carbocycles. The number of amides is 1. The van der Waals surface area contributed by atoms with Crippen LogP contribution in [0.3, 0.4) is 0 Å². The summed E-state index contributed by atoms with van der Waals surface area (Å²) in [5, 5.41) is 0.653. The Morgan fingerprint density at radius 2 is 2.00 bits per heavy atom. The van der Waals surface area contributed by atoms with Crippen LogP contribution in [-0.2, 0) is 4.79 Å². The molecule has 1 aromatic heterocycles. The van der Waals surface area contributed by atoms with Gasteiger partial charge in [0.05, 0.1) is 11.1 Å². The highest BCUT2D eigenvalue weighted by atomic mass is 79.9. The summed E-state index contributed by atoms with van der Waals surface area (Å²) < 4.78 is 6.53. The van der Waals surface area contributed by atoms with Gasteiger partial charge >= 0.3 is 0 Å². The predicted molar refractivity (Wildman–Crippen MR) is 109 cm³/mol. The number of aryl methyl sites for hydroxylation is 1. The first-order valence-corrected chi connectivity index (χ1v) is 10.1. The van der Waals surface area contributed by atoms with Crippen LogP contribution in [0, 0.1) is 6.92 Å². The molecule has 144 valence electrons. The maximum absolute atomic E-state index is 12.4. The summed E-state index contributed by atoms with van der Waals surface area (Å²) in [6, 6.07) is 7.37. The van der Waals surface area contributed by atoms with E-state index in [1.165, 1.54) is 0 Å². The predicted octanol–water partition coefficient (Wildman–Crippen LogP) is 3.71. The van der Waals surface area contributed by atoms with Gasteiger partial charge in [-0.2, -0.15) is 0 Å². The molecule has 27 heavy (non-hydrogen) atoms. The van der Waals surface area contributed by atoms with Gasteiger partial charge in [0.2, 0.25) is 5.91 Å². The summed E-state index contributed by atoms with van der Waals surface area (Å²) in [6.07, 6.45) is 2.75. The molecular formula is C19H22BrClN4O2. The SMILES string of the molecule is Cc1cc(N2CCN(C(=O)CCCOc3ccc(Cl)cc3Br)CC2)ncn1. The minimum absolute atomic E-state index is 0.173. The zero-order valence-corrected chi connectivity index (χ0v) is 17.5. The zero-order valence-electron chi connectivity index (χ0n) is 15.2. The van der Waals surface area contributed by atoms with Crippen molar-refractivity contribution < 1.29 is 9.53 Å². The molecule has 0 atom stereocenters. The van der Waals surface area contributed by atoms with Crippen LogP contribution in [-0.4, -0.2) is 53.6 Å². The number of carbonyl (C=O) groups is 1. The molecule has 2 heterocycles. The van der Waals surface area contributed by atoms with Crippen LogP contribution in [0.2, 0.25) is 5.02 Å². The highest BCUT2D eigenvalue weighted by molar-refractivity contribution is 9.10. The Labute approximate surface area is 172 Å². The first-order valence-electron chi connectivity index (χ1n) is 8.92. The molecule has 1 fully saturated rings. The van der Waals surface area contributed by atoms with Crippen LogP contribution < -0.4 is 9.64 Å². The fourth-order valence-electron chi connectivity index (χ4n) is 2.95. The third-order valence-electron chi connectivity index (χ3n) is 4.43. The number of halogens is 2. The molecular weight excluding hydrogens is 432 g/mol. The summed E-state index contributed by atoms with van der Waals surface area (Å²) in [5.41, 5.74) is 0.950. The van der Waals surface area contributed by atoms with Gasteiger partial charge in [0.25, 0.3) is 0 Å². The van der Waals surface area contributed by atoms with Gasteiger partial charge in [0, 0.05) is 49.4 Å². The second kappa shape index (κ2) is 9.37. The maximum atomic E-state index is 12.4. The minimum Gasteiger partial charge on any atom is -0.492 e. The van der Waals surface area contributed by atoms with E-state index in [0.717, 1.165) is 34.8 Å². The lowest BCUT2D eigenvalue weighted by Crippen LogP contribution is -2.49. The van der Waals surface area contributed by atoms with Gasteiger partial charge in [0.1, 0.15) is 17.9 Å². The summed E-state index contributed by atoms with van der Waals surface area (Å²) in [6.45, 7) is 5.45. The second-order valence-electron chi connectivity index (χ2n) is 6.41. The van der Waals surface area contributed by atoms with E-state index in [0.29, 0.717) is 37.6 Å². The molecule has 0 saturated carbocycles. The van der Waals surface area contributed by atoms with Gasteiger partial charge < -0.3 is 14.5 Å². The summed E-state index contributed by atoms with van der Waals surface area (Å²) in [7, 11) is 0. The lowest BCUT2D eigenvalue weighted by Gasteiger charge is -2.35. The van der Waals surface area contributed by atoms with E-state index < -0.39 is 0 Å². The van der Waals surface area contributed by atoms with Crippen molar-refractivity contribution in [1.82, 2.24) is 14.9 Å². The Kier molecular flexibility index (Phi) is 6.90. The van der Waals surface area contributed by atoms with Crippen molar-refractivity contribution in [2.45, 2.75) is 19.8 Å². The first-order chi connectivity index (χ1) is 13.0. The Morgan fingerprint density at radius 1 is 1.22 bits per heavy atom. The van der Waals surface area contributed by atoms with E-state index in [1.54, 1.807) is 18.5 Å². The normalized spacial score (nSPS) is 14.3. The Morgan fingerprint density at radius 3 is 2.70 bits per heavy atom. The Bertz CT molecular complexity index is 797. The van der Waals surface area contributed by atoms with Gasteiger partial charge in [-0.05, 0) is 47.5 Å². The molecule has 1 saturated heterocycles. The summed E-state index contributed by atoms with van der Waals surface area (Å²) >= 11 is 9.34. The van der Waals surface area contributed by atoms with E-state index in [-0.39, 0.29) is 5.91 Å². The maximum Gasteiger partial charge on any atom is 0.222 e. The lowest BCUT2D eigenvalue weighted by molar-refractivity contribution is -0.131. The number of benzene rings is 1. The highest BCUT2D eigenvalue weighted by Crippen LogP contribution is 2.28. The summed E-state index contributed by atoms with van der Waals surface area (Å²) in [4.78, 5) is 25.0. The average Bonchev–Trinajstić information content (AvgIpc) is 2.66. The molecule has 0 bridgehead atoms. The quantitative estimate of drug-likeness (QED) is 0.624. The van der Waals surface area contributed by atoms with Crippen molar-refractivity contribution in [3.05, 3.63) is 45.8 Å². The number of rotatable bonds is 6. The Balaban J connectivity index is 1.39. The molecule has 2 aromatic rings. The second-order valence-corrected chi connectivity index (χ2v) is 7.70. The van der Waals surface area contributed by atoms with Crippen LogP contribution in [0.1, 0.15) is 18.5 Å². The number of hydrogen-bond donors (Lipinski definition) is 0. The van der Waals surface area contributed by atoms with Gasteiger partial charge in [-0.25, -0.2) is 9.97 Å². The number of piperazine rings is 1. The fourth-order valence-corrected chi connectivity index (χ4v) is 3.75. The topological polar surface area (TPSA) is 58.6 Å². The standard InChI is InChI=1S/C19H22BrClN4O2/c1-14-11-18(23-13-22-14)24-6-8-25(9-7-24)19(26)3-2-10-27-17-5-4-15(21)12-16(17)20/h4-5,11-13H,2-3,6-10H2,1H3. The molecule has 8 heteroatoms. The number of aromatic nitrogens is 2. The molecule has 0 aliphatic carbocycles. The van der Waals surface area contributed by atoms with E-state index in [9.17, 15) is 4.79 Å². The number of hydrogen-bond acceptors (Lipinski definition) is 5. The molecule has 1 amide bonds. The fraction of sp³-hybridized carbons (Fsp3) is 0.421. The first kappa shape index (κ1) is 19.9. The van der Waals surface area contributed by atoms with Crippen molar-refractivity contribution in [3.63, 3.8) is 0 Å². The molecule has 0 radical (unpaired) electrons. The highest BCUT2D eigenvalue weighted by Gasteiger charge is 2.21. The molecule has 0 unspecified atom stereocenters. The molecule has 0 N–H and O–H groups in total. The van der Waals surface area contributed by atoms with Crippen LogP contribution in [0.15, 0.2) is 35.1 Å².